The van der Waals surface area contributed by atoms with Crippen LogP contribution in [0.15, 0.2) is 11.3 Å². The third kappa shape index (κ3) is 1.44. The fourth-order valence-electron chi connectivity index (χ4n) is 1.36. The molecule has 0 aromatic heterocycles. The molecule has 68 valence electrons. The topological polar surface area (TPSA) is 35.5 Å². The molecule has 12 heavy (non-hydrogen) atoms. The van der Waals surface area contributed by atoms with E-state index in [9.17, 15) is 4.79 Å². The lowest BCUT2D eigenvalue weighted by Crippen LogP contribution is -2.09. The van der Waals surface area contributed by atoms with Gasteiger partial charge in [-0.3, -0.25) is 0 Å². The highest BCUT2D eigenvalue weighted by molar-refractivity contribution is 5.89. The molecule has 3 nitrogen and oxygen atoms in total. The first kappa shape index (κ1) is 9.10. The third-order valence-corrected chi connectivity index (χ3v) is 2.03. The number of methoxy groups -OCH3 is 1. The second-order valence-corrected chi connectivity index (χ2v) is 2.90. The summed E-state index contributed by atoms with van der Waals surface area (Å²) in [5, 5.41) is 0. The van der Waals surface area contributed by atoms with Crippen LogP contribution in [-0.2, 0) is 14.3 Å². The van der Waals surface area contributed by atoms with E-state index in [1.165, 1.54) is 7.11 Å². The predicted octanol–water partition coefficient (Wildman–Crippen LogP) is 1.63. The summed E-state index contributed by atoms with van der Waals surface area (Å²) in [5.74, 6) is 0.0573. The maximum atomic E-state index is 11.1. The normalized spacial score (nSPS) is 22.9. The molecule has 1 rings (SSSR count). The fourth-order valence-corrected chi connectivity index (χ4v) is 1.36. The van der Waals surface area contributed by atoms with E-state index in [0.717, 1.165) is 18.4 Å². The minimum Gasteiger partial charge on any atom is -0.490 e. The Labute approximate surface area is 72.4 Å². The average Bonchev–Trinajstić information content (AvgIpc) is 2.29. The van der Waals surface area contributed by atoms with Gasteiger partial charge in [0.2, 0.25) is 5.76 Å². The maximum absolute atomic E-state index is 11.1. The molecule has 0 bridgehead atoms. The summed E-state index contributed by atoms with van der Waals surface area (Å²) in [6, 6.07) is 0. The van der Waals surface area contributed by atoms with E-state index >= 15 is 0 Å². The maximum Gasteiger partial charge on any atom is 0.374 e. The van der Waals surface area contributed by atoms with Gasteiger partial charge in [-0.05, 0) is 13.3 Å². The summed E-state index contributed by atoms with van der Waals surface area (Å²) < 4.78 is 10.00. The quantitative estimate of drug-likeness (QED) is 0.604. The molecule has 1 aliphatic rings. The number of carbonyl (C=O) groups excluding carboxylic acids is 1. The fraction of sp³-hybridized carbons (Fsp3) is 0.667. The van der Waals surface area contributed by atoms with Gasteiger partial charge in [0.25, 0.3) is 0 Å². The van der Waals surface area contributed by atoms with Gasteiger partial charge >= 0.3 is 5.97 Å². The summed E-state index contributed by atoms with van der Waals surface area (Å²) >= 11 is 0. The summed E-state index contributed by atoms with van der Waals surface area (Å²) in [5.41, 5.74) is 0.921. The molecular weight excluding hydrogens is 156 g/mol. The molecule has 0 radical (unpaired) electrons. The van der Waals surface area contributed by atoms with Gasteiger partial charge in [0.05, 0.1) is 7.11 Å². The van der Waals surface area contributed by atoms with Crippen LogP contribution in [0.5, 0.6) is 0 Å². The van der Waals surface area contributed by atoms with Crippen molar-refractivity contribution in [1.82, 2.24) is 0 Å². The third-order valence-electron chi connectivity index (χ3n) is 2.03. The zero-order valence-corrected chi connectivity index (χ0v) is 7.72. The molecule has 0 aromatic rings. The van der Waals surface area contributed by atoms with Crippen molar-refractivity contribution in [2.24, 2.45) is 0 Å². The zero-order chi connectivity index (χ0) is 9.14. The summed E-state index contributed by atoms with van der Waals surface area (Å²) in [6.07, 6.45) is 1.83. The van der Waals surface area contributed by atoms with Gasteiger partial charge in [0, 0.05) is 5.57 Å². The van der Waals surface area contributed by atoms with Crippen molar-refractivity contribution in [1.29, 1.82) is 0 Å². The van der Waals surface area contributed by atoms with Crippen molar-refractivity contribution in [3.8, 4) is 0 Å². The van der Waals surface area contributed by atoms with Crippen LogP contribution in [0.1, 0.15) is 26.7 Å². The Morgan fingerprint density at radius 3 is 2.67 bits per heavy atom. The Morgan fingerprint density at radius 1 is 1.58 bits per heavy atom. The summed E-state index contributed by atoms with van der Waals surface area (Å²) in [4.78, 5) is 11.1. The molecule has 1 atom stereocenters. The van der Waals surface area contributed by atoms with Crippen molar-refractivity contribution >= 4 is 5.97 Å². The minimum absolute atomic E-state index is 0.0579. The van der Waals surface area contributed by atoms with Gasteiger partial charge in [-0.25, -0.2) is 4.79 Å². The van der Waals surface area contributed by atoms with Crippen LogP contribution in [0.2, 0.25) is 0 Å². The van der Waals surface area contributed by atoms with Gasteiger partial charge in [-0.15, -0.1) is 0 Å². The van der Waals surface area contributed by atoms with Crippen LogP contribution in [-0.4, -0.2) is 19.2 Å². The van der Waals surface area contributed by atoms with Gasteiger partial charge in [-0.2, -0.15) is 0 Å². The number of esters is 1. The van der Waals surface area contributed by atoms with Crippen LogP contribution in [0.4, 0.5) is 0 Å². The molecule has 0 aliphatic carbocycles. The van der Waals surface area contributed by atoms with E-state index in [-0.39, 0.29) is 12.1 Å². The second kappa shape index (κ2) is 3.61. The molecule has 0 spiro atoms. The molecule has 0 N–H and O–H groups in total. The van der Waals surface area contributed by atoms with Gasteiger partial charge in [-0.1, -0.05) is 13.3 Å². The minimum atomic E-state index is -0.326. The van der Waals surface area contributed by atoms with Crippen molar-refractivity contribution in [2.45, 2.75) is 32.8 Å². The van der Waals surface area contributed by atoms with Crippen LogP contribution < -0.4 is 0 Å². The van der Waals surface area contributed by atoms with Gasteiger partial charge in [0.15, 0.2) is 0 Å². The van der Waals surface area contributed by atoms with Crippen LogP contribution in [0.25, 0.3) is 0 Å². The smallest absolute Gasteiger partial charge is 0.374 e. The average molecular weight is 170 g/mol. The number of hydrogen-bond donors (Lipinski definition) is 0. The first-order valence-electron chi connectivity index (χ1n) is 4.16. The highest BCUT2D eigenvalue weighted by atomic mass is 16.6. The summed E-state index contributed by atoms with van der Waals surface area (Å²) in [6.45, 7) is 3.94. The number of hydrogen-bond acceptors (Lipinski definition) is 3. The molecule has 0 saturated heterocycles. The molecule has 0 aromatic carbocycles. The second-order valence-electron chi connectivity index (χ2n) is 2.90. The van der Waals surface area contributed by atoms with Crippen LogP contribution in [0, 0.1) is 0 Å². The Hall–Kier alpha value is -0.990. The molecule has 1 unspecified atom stereocenters. The van der Waals surface area contributed by atoms with E-state index in [1.807, 2.05) is 6.92 Å². The predicted molar refractivity (Wildman–Crippen MR) is 44.5 cm³/mol. The molecule has 0 amide bonds. The Bertz CT molecular complexity index is 218. The first-order valence-corrected chi connectivity index (χ1v) is 4.16. The van der Waals surface area contributed by atoms with Crippen LogP contribution >= 0.6 is 0 Å². The number of carbonyl (C=O) groups is 1. The monoisotopic (exact) mass is 170 g/mol. The highest BCUT2D eigenvalue weighted by Gasteiger charge is 2.31. The number of cyclic esters (lactones) is 1. The van der Waals surface area contributed by atoms with Crippen molar-refractivity contribution in [3.63, 3.8) is 0 Å². The Kier molecular flexibility index (Phi) is 2.74. The lowest BCUT2D eigenvalue weighted by atomic mass is 10.1. The van der Waals surface area contributed by atoms with E-state index in [4.69, 9.17) is 9.47 Å². The lowest BCUT2D eigenvalue weighted by Gasteiger charge is -2.07. The largest absolute Gasteiger partial charge is 0.490 e. The number of rotatable bonds is 3. The van der Waals surface area contributed by atoms with Crippen molar-refractivity contribution in [2.75, 3.05) is 7.11 Å². The Morgan fingerprint density at radius 2 is 2.25 bits per heavy atom. The van der Waals surface area contributed by atoms with E-state index in [0.29, 0.717) is 5.76 Å². The van der Waals surface area contributed by atoms with Crippen molar-refractivity contribution in [3.05, 3.63) is 11.3 Å². The van der Waals surface area contributed by atoms with Crippen molar-refractivity contribution < 1.29 is 14.3 Å². The number of ether oxygens (including phenoxy) is 2. The molecule has 1 aliphatic heterocycles. The Balaban J connectivity index is 2.74. The van der Waals surface area contributed by atoms with E-state index < -0.39 is 0 Å². The van der Waals surface area contributed by atoms with Gasteiger partial charge < -0.3 is 9.47 Å². The molecule has 0 fully saturated rings. The lowest BCUT2D eigenvalue weighted by molar-refractivity contribution is -0.142. The molecule has 1 heterocycles. The van der Waals surface area contributed by atoms with Crippen LogP contribution in [0.3, 0.4) is 0 Å². The highest BCUT2D eigenvalue weighted by Crippen LogP contribution is 2.25. The standard InChI is InChI=1S/C9H14O3/c1-4-5-7-6(2)8(11-3)9(10)12-7/h7H,4-5H2,1-3H3. The molecular formula is C9H14O3. The molecule has 0 saturated carbocycles. The SMILES string of the molecule is CCCC1OC(=O)C(OC)=C1C. The zero-order valence-electron chi connectivity index (χ0n) is 7.72. The first-order chi connectivity index (χ1) is 5.70. The van der Waals surface area contributed by atoms with Gasteiger partial charge in [0.1, 0.15) is 6.10 Å². The van der Waals surface area contributed by atoms with E-state index in [1.54, 1.807) is 0 Å². The summed E-state index contributed by atoms with van der Waals surface area (Å²) in [7, 11) is 1.49. The van der Waals surface area contributed by atoms with E-state index in [2.05, 4.69) is 6.92 Å². The molecule has 3 heteroatoms.